The topological polar surface area (TPSA) is 91.5 Å². The summed E-state index contributed by atoms with van der Waals surface area (Å²) >= 11 is 12.4. The largest absolute Gasteiger partial charge is 0.455 e. The van der Waals surface area contributed by atoms with E-state index in [-0.39, 0.29) is 0 Å². The van der Waals surface area contributed by atoms with Gasteiger partial charge in [0, 0.05) is 29.4 Å². The van der Waals surface area contributed by atoms with E-state index in [2.05, 4.69) is 35.7 Å². The Labute approximate surface area is 213 Å². The molecule has 8 nitrogen and oxygen atoms in total. The number of anilines is 4. The first-order valence-electron chi connectivity index (χ1n) is 11.3. The van der Waals surface area contributed by atoms with Crippen molar-refractivity contribution in [3.63, 3.8) is 0 Å². The number of furan rings is 1. The van der Waals surface area contributed by atoms with E-state index >= 15 is 0 Å². The van der Waals surface area contributed by atoms with E-state index in [0.717, 1.165) is 31.6 Å². The molecule has 1 saturated heterocycles. The first-order chi connectivity index (χ1) is 17.1. The van der Waals surface area contributed by atoms with Crippen LogP contribution in [0.25, 0.3) is 11.3 Å². The fourth-order valence-electron chi connectivity index (χ4n) is 3.76. The Bertz CT molecular complexity index is 1320. The van der Waals surface area contributed by atoms with Gasteiger partial charge in [0.25, 0.3) is 0 Å². The van der Waals surface area contributed by atoms with Crippen LogP contribution in [0.15, 0.2) is 70.2 Å². The lowest BCUT2D eigenvalue weighted by atomic mass is 10.1. The molecule has 2 N–H and O–H groups in total. The molecule has 1 aliphatic rings. The molecule has 35 heavy (non-hydrogen) atoms. The van der Waals surface area contributed by atoms with Gasteiger partial charge in [-0.05, 0) is 61.7 Å². The number of hydrazone groups is 1. The maximum absolute atomic E-state index is 6.28. The quantitative estimate of drug-likeness (QED) is 0.214. The van der Waals surface area contributed by atoms with Crippen molar-refractivity contribution in [3.05, 3.63) is 76.5 Å². The second-order valence-corrected chi connectivity index (χ2v) is 8.86. The number of hydrogen-bond acceptors (Lipinski definition) is 8. The molecule has 2 aromatic carbocycles. The van der Waals surface area contributed by atoms with Crippen LogP contribution < -0.4 is 15.6 Å². The van der Waals surface area contributed by atoms with Gasteiger partial charge in [0.2, 0.25) is 17.8 Å². The zero-order chi connectivity index (χ0) is 24.0. The van der Waals surface area contributed by atoms with Crippen molar-refractivity contribution < 1.29 is 4.42 Å². The smallest absolute Gasteiger partial charge is 0.250 e. The summed E-state index contributed by atoms with van der Waals surface area (Å²) in [6.45, 7) is 1.83. The predicted octanol–water partition coefficient (Wildman–Crippen LogP) is 6.62. The van der Waals surface area contributed by atoms with Crippen molar-refractivity contribution in [1.82, 2.24) is 15.0 Å². The van der Waals surface area contributed by atoms with Gasteiger partial charge >= 0.3 is 0 Å². The van der Waals surface area contributed by atoms with E-state index in [1.807, 2.05) is 36.4 Å². The summed E-state index contributed by atoms with van der Waals surface area (Å²) in [5, 5.41) is 8.64. The van der Waals surface area contributed by atoms with Gasteiger partial charge < -0.3 is 14.6 Å². The molecular weight excluding hydrogens is 485 g/mol. The van der Waals surface area contributed by atoms with Crippen LogP contribution in [0.2, 0.25) is 10.0 Å². The number of rotatable bonds is 7. The highest BCUT2D eigenvalue weighted by molar-refractivity contribution is 6.35. The third-order valence-electron chi connectivity index (χ3n) is 5.47. The van der Waals surface area contributed by atoms with Crippen molar-refractivity contribution in [2.24, 2.45) is 5.10 Å². The van der Waals surface area contributed by atoms with Gasteiger partial charge in [0.15, 0.2) is 0 Å². The number of nitrogens with one attached hydrogen (secondary N) is 2. The van der Waals surface area contributed by atoms with Gasteiger partial charge in [-0.1, -0.05) is 41.4 Å². The monoisotopic (exact) mass is 507 g/mol. The highest BCUT2D eigenvalue weighted by Gasteiger charge is 2.16. The summed E-state index contributed by atoms with van der Waals surface area (Å²) < 4.78 is 5.86. The number of para-hydroxylation sites is 1. The minimum absolute atomic E-state index is 0.333. The van der Waals surface area contributed by atoms with Crippen LogP contribution in [0.1, 0.15) is 25.0 Å². The van der Waals surface area contributed by atoms with E-state index in [1.54, 1.807) is 30.5 Å². The third-order valence-corrected chi connectivity index (χ3v) is 6.03. The van der Waals surface area contributed by atoms with Crippen molar-refractivity contribution in [1.29, 1.82) is 0 Å². The maximum atomic E-state index is 6.28. The lowest BCUT2D eigenvalue weighted by Gasteiger charge is -2.26. The molecule has 1 aliphatic heterocycles. The van der Waals surface area contributed by atoms with Gasteiger partial charge in [-0.25, -0.2) is 5.43 Å². The summed E-state index contributed by atoms with van der Waals surface area (Å²) in [5.41, 5.74) is 4.51. The van der Waals surface area contributed by atoms with E-state index in [1.165, 1.54) is 6.42 Å². The van der Waals surface area contributed by atoms with Gasteiger partial charge in [-0.3, -0.25) is 0 Å². The molecule has 0 unspecified atom stereocenters. The molecule has 0 atom stereocenters. The number of aromatic nitrogens is 3. The molecule has 0 aliphatic carbocycles. The Kier molecular flexibility index (Phi) is 7.11. The molecule has 0 amide bonds. The molecule has 0 bridgehead atoms. The number of hydrogen-bond donors (Lipinski definition) is 2. The van der Waals surface area contributed by atoms with Crippen molar-refractivity contribution in [3.8, 4) is 11.3 Å². The van der Waals surface area contributed by atoms with Crippen LogP contribution >= 0.6 is 23.2 Å². The zero-order valence-electron chi connectivity index (χ0n) is 18.8. The van der Waals surface area contributed by atoms with Gasteiger partial charge in [0.1, 0.15) is 11.5 Å². The standard InChI is InChI=1S/C25H23Cl2N7O/c26-17-9-11-21(27)20(15-17)22-12-10-19(35-22)16-28-33-24-30-23(29-18-7-3-1-4-8-18)31-25(32-24)34-13-5-2-6-14-34/h1,3-4,7-12,15-16H,2,5-6,13-14H2,(H2,29,30,31,32,33)/b28-16+. The summed E-state index contributed by atoms with van der Waals surface area (Å²) in [5.74, 6) is 2.53. The lowest BCUT2D eigenvalue weighted by Crippen LogP contribution is -2.31. The van der Waals surface area contributed by atoms with Gasteiger partial charge in [0.05, 0.1) is 11.2 Å². The highest BCUT2D eigenvalue weighted by atomic mass is 35.5. The van der Waals surface area contributed by atoms with Crippen LogP contribution in [0, 0.1) is 0 Å². The van der Waals surface area contributed by atoms with Crippen LogP contribution in [0.3, 0.4) is 0 Å². The van der Waals surface area contributed by atoms with Crippen molar-refractivity contribution >= 4 is 52.9 Å². The molecule has 5 rings (SSSR count). The molecule has 0 spiro atoms. The molecule has 0 saturated carbocycles. The molecule has 178 valence electrons. The Morgan fingerprint density at radius 3 is 2.51 bits per heavy atom. The summed E-state index contributed by atoms with van der Waals surface area (Å²) in [7, 11) is 0. The summed E-state index contributed by atoms with van der Waals surface area (Å²) in [4.78, 5) is 15.9. The molecule has 0 radical (unpaired) electrons. The second-order valence-electron chi connectivity index (χ2n) is 8.02. The van der Waals surface area contributed by atoms with Crippen molar-refractivity contribution in [2.75, 3.05) is 28.7 Å². The second kappa shape index (κ2) is 10.8. The summed E-state index contributed by atoms with van der Waals surface area (Å²) in [6.07, 6.45) is 5.01. The molecule has 1 fully saturated rings. The number of halogens is 2. The Hall–Kier alpha value is -3.62. The fourth-order valence-corrected chi connectivity index (χ4v) is 4.15. The van der Waals surface area contributed by atoms with Gasteiger partial charge in [-0.2, -0.15) is 20.1 Å². The van der Waals surface area contributed by atoms with Gasteiger partial charge in [-0.15, -0.1) is 0 Å². The van der Waals surface area contributed by atoms with E-state index < -0.39 is 0 Å². The Morgan fingerprint density at radius 1 is 0.886 bits per heavy atom. The number of piperidine rings is 1. The predicted molar refractivity (Wildman–Crippen MR) is 141 cm³/mol. The van der Waals surface area contributed by atoms with Crippen LogP contribution in [-0.2, 0) is 0 Å². The molecular formula is C25H23Cl2N7O. The van der Waals surface area contributed by atoms with E-state index in [4.69, 9.17) is 27.6 Å². The molecule has 10 heteroatoms. The van der Waals surface area contributed by atoms with Crippen LogP contribution in [0.4, 0.5) is 23.5 Å². The first-order valence-corrected chi connectivity index (χ1v) is 12.1. The Balaban J connectivity index is 1.34. The fraction of sp³-hybridized carbons (Fsp3) is 0.200. The SMILES string of the molecule is Clc1ccc(Cl)c(-c2ccc(/C=N/Nc3nc(Nc4ccccc4)nc(N4CCCCC4)n3)o2)c1. The minimum atomic E-state index is 0.333. The van der Waals surface area contributed by atoms with E-state index in [9.17, 15) is 0 Å². The minimum Gasteiger partial charge on any atom is -0.455 e. The summed E-state index contributed by atoms with van der Waals surface area (Å²) in [6, 6.07) is 18.6. The number of nitrogens with zero attached hydrogens (tertiary/aromatic N) is 5. The highest BCUT2D eigenvalue weighted by Crippen LogP contribution is 2.31. The average Bonchev–Trinajstić information content (AvgIpc) is 3.35. The third kappa shape index (κ3) is 5.90. The number of benzene rings is 2. The molecule has 3 heterocycles. The molecule has 4 aromatic rings. The van der Waals surface area contributed by atoms with Crippen LogP contribution in [-0.4, -0.2) is 34.3 Å². The zero-order valence-corrected chi connectivity index (χ0v) is 20.3. The lowest BCUT2D eigenvalue weighted by molar-refractivity contribution is 0.568. The first kappa shape index (κ1) is 23.1. The average molecular weight is 508 g/mol. The van der Waals surface area contributed by atoms with E-state index in [0.29, 0.717) is 45.0 Å². The molecule has 2 aromatic heterocycles. The van der Waals surface area contributed by atoms with Crippen LogP contribution in [0.5, 0.6) is 0 Å². The Morgan fingerprint density at radius 2 is 1.69 bits per heavy atom. The normalized spacial score (nSPS) is 13.8. The maximum Gasteiger partial charge on any atom is 0.250 e. The van der Waals surface area contributed by atoms with Crippen molar-refractivity contribution in [2.45, 2.75) is 19.3 Å².